The van der Waals surface area contributed by atoms with Crippen LogP contribution in [0.5, 0.6) is 0 Å². The molecule has 2 amide bonds. The lowest BCUT2D eigenvalue weighted by atomic mass is 9.96. The average molecular weight is 509 g/mol. The largest absolute Gasteiger partial charge is 0.444 e. The second-order valence-corrected chi connectivity index (χ2v) is 13.1. The van der Waals surface area contributed by atoms with E-state index in [9.17, 15) is 9.59 Å². The molecule has 4 saturated heterocycles. The Morgan fingerprint density at radius 2 is 1.06 bits per heavy atom. The van der Waals surface area contributed by atoms with Gasteiger partial charge in [0.05, 0.1) is 0 Å². The number of carbonyl (C=O) groups is 2. The number of nitrogens with zero attached hydrogens (tertiary/aromatic N) is 3. The topological polar surface area (TPSA) is 88.3 Å². The molecule has 4 aliphatic rings. The van der Waals surface area contributed by atoms with Crippen LogP contribution in [0.4, 0.5) is 9.59 Å². The predicted octanol–water partition coefficient (Wildman–Crippen LogP) is 5.13. The van der Waals surface area contributed by atoms with Crippen molar-refractivity contribution in [2.45, 2.75) is 154 Å². The van der Waals surface area contributed by atoms with Gasteiger partial charge in [-0.15, -0.1) is 0 Å². The molecule has 0 radical (unpaired) electrons. The van der Waals surface area contributed by atoms with Gasteiger partial charge in [0.15, 0.2) is 0 Å². The number of rotatable bonds is 3. The van der Waals surface area contributed by atoms with Gasteiger partial charge in [0.2, 0.25) is 0 Å². The minimum Gasteiger partial charge on any atom is -0.444 e. The molecule has 4 rings (SSSR count). The molecule has 208 valence electrons. The Morgan fingerprint density at radius 3 is 1.36 bits per heavy atom. The van der Waals surface area contributed by atoms with E-state index in [0.717, 1.165) is 64.5 Å². The Hall–Kier alpha value is -1.54. The van der Waals surface area contributed by atoms with Gasteiger partial charge < -0.3 is 29.9 Å². The van der Waals surface area contributed by atoms with Crippen molar-refractivity contribution in [1.29, 1.82) is 0 Å². The first-order valence-electron chi connectivity index (χ1n) is 14.2. The molecular formula is C28H52N4O4. The van der Waals surface area contributed by atoms with Gasteiger partial charge in [-0.25, -0.2) is 9.59 Å². The van der Waals surface area contributed by atoms with E-state index in [0.29, 0.717) is 30.2 Å². The van der Waals surface area contributed by atoms with E-state index in [1.165, 1.54) is 0 Å². The number of amides is 2. The summed E-state index contributed by atoms with van der Waals surface area (Å²) in [6.07, 6.45) is 8.24. The van der Waals surface area contributed by atoms with Crippen LogP contribution in [0.1, 0.15) is 107 Å². The summed E-state index contributed by atoms with van der Waals surface area (Å²) in [7, 11) is 0. The molecule has 2 N–H and O–H groups in total. The van der Waals surface area contributed by atoms with Gasteiger partial charge in [0, 0.05) is 36.3 Å². The third kappa shape index (κ3) is 7.27. The van der Waals surface area contributed by atoms with E-state index in [4.69, 9.17) is 15.2 Å². The SMILES string of the molecule is CC(C)(C)OC(=O)N1C2CCC1CC(N)C2.CCN(CC)C1CC2CCC(C1)N2C(=O)OC(C)(C)C. The third-order valence-electron chi connectivity index (χ3n) is 8.02. The average Bonchev–Trinajstić information content (AvgIpc) is 3.17. The first-order chi connectivity index (χ1) is 16.7. The summed E-state index contributed by atoms with van der Waals surface area (Å²) < 4.78 is 11.0. The quantitative estimate of drug-likeness (QED) is 0.568. The molecule has 0 aromatic rings. The molecule has 0 aliphatic carbocycles. The fourth-order valence-corrected chi connectivity index (χ4v) is 6.63. The summed E-state index contributed by atoms with van der Waals surface area (Å²) in [5, 5.41) is 0. The molecule has 8 nitrogen and oxygen atoms in total. The summed E-state index contributed by atoms with van der Waals surface area (Å²) in [6.45, 7) is 18.2. The Kier molecular flexibility index (Phi) is 9.24. The Balaban J connectivity index is 0.000000205. The van der Waals surface area contributed by atoms with E-state index in [1.807, 2.05) is 51.3 Å². The summed E-state index contributed by atoms with van der Waals surface area (Å²) in [4.78, 5) is 30.9. The van der Waals surface area contributed by atoms with E-state index >= 15 is 0 Å². The predicted molar refractivity (Wildman–Crippen MR) is 143 cm³/mol. The number of hydrogen-bond acceptors (Lipinski definition) is 6. The fourth-order valence-electron chi connectivity index (χ4n) is 6.63. The van der Waals surface area contributed by atoms with Crippen LogP contribution in [0.15, 0.2) is 0 Å². The lowest BCUT2D eigenvalue weighted by Gasteiger charge is -2.43. The summed E-state index contributed by atoms with van der Waals surface area (Å²) in [5.41, 5.74) is 5.16. The first kappa shape index (κ1) is 29.0. The van der Waals surface area contributed by atoms with Gasteiger partial charge in [0.1, 0.15) is 11.2 Å². The van der Waals surface area contributed by atoms with E-state index in [1.54, 1.807) is 0 Å². The smallest absolute Gasteiger partial charge is 0.410 e. The van der Waals surface area contributed by atoms with E-state index in [2.05, 4.69) is 18.7 Å². The molecule has 36 heavy (non-hydrogen) atoms. The van der Waals surface area contributed by atoms with Gasteiger partial charge in [-0.2, -0.15) is 0 Å². The van der Waals surface area contributed by atoms with Gasteiger partial charge in [-0.3, -0.25) is 0 Å². The van der Waals surface area contributed by atoms with Crippen LogP contribution in [0, 0.1) is 0 Å². The van der Waals surface area contributed by atoms with Crippen LogP contribution in [-0.4, -0.2) is 87.4 Å². The monoisotopic (exact) mass is 508 g/mol. The highest BCUT2D eigenvalue weighted by Gasteiger charge is 2.46. The second-order valence-electron chi connectivity index (χ2n) is 13.1. The van der Waals surface area contributed by atoms with Gasteiger partial charge in [-0.05, 0) is 106 Å². The highest BCUT2D eigenvalue weighted by atomic mass is 16.6. The van der Waals surface area contributed by atoms with E-state index < -0.39 is 11.2 Å². The van der Waals surface area contributed by atoms with Crippen LogP contribution in [-0.2, 0) is 9.47 Å². The highest BCUT2D eigenvalue weighted by Crippen LogP contribution is 2.39. The standard InChI is InChI=1S/C16H30N2O2.C12H22N2O2/c1-6-17(7-2)14-10-12-8-9-13(11-14)18(12)15(19)20-16(3,4)5;1-12(2,3)16-11(15)14-9-4-5-10(14)7-8(13)6-9/h12-14H,6-11H2,1-5H3;8-10H,4-7,13H2,1-3H3. The second kappa shape index (κ2) is 11.5. The van der Waals surface area contributed by atoms with Crippen molar-refractivity contribution in [1.82, 2.24) is 14.7 Å². The van der Waals surface area contributed by atoms with Crippen molar-refractivity contribution < 1.29 is 19.1 Å². The number of carbonyl (C=O) groups excluding carboxylic acids is 2. The van der Waals surface area contributed by atoms with Crippen molar-refractivity contribution >= 4 is 12.2 Å². The molecule has 4 atom stereocenters. The van der Waals surface area contributed by atoms with Crippen molar-refractivity contribution in [3.05, 3.63) is 0 Å². The molecule has 4 unspecified atom stereocenters. The number of piperidine rings is 2. The maximum atomic E-state index is 12.4. The summed E-state index contributed by atoms with van der Waals surface area (Å²) in [5.74, 6) is 0. The van der Waals surface area contributed by atoms with Crippen LogP contribution >= 0.6 is 0 Å². The lowest BCUT2D eigenvalue weighted by Crippen LogP contribution is -2.53. The summed E-state index contributed by atoms with van der Waals surface area (Å²) >= 11 is 0. The number of nitrogens with two attached hydrogens (primary N) is 1. The molecule has 0 spiro atoms. The van der Waals surface area contributed by atoms with Gasteiger partial charge >= 0.3 is 12.2 Å². The van der Waals surface area contributed by atoms with Crippen molar-refractivity contribution in [2.24, 2.45) is 5.73 Å². The molecule has 0 saturated carbocycles. The number of hydrogen-bond donors (Lipinski definition) is 1. The zero-order chi connectivity index (χ0) is 26.8. The molecule has 0 aromatic heterocycles. The molecule has 0 aromatic carbocycles. The Bertz CT molecular complexity index is 730. The molecule has 4 aliphatic heterocycles. The number of ether oxygens (including phenoxy) is 2. The van der Waals surface area contributed by atoms with Crippen LogP contribution in [0.2, 0.25) is 0 Å². The third-order valence-corrected chi connectivity index (χ3v) is 8.02. The fraction of sp³-hybridized carbons (Fsp3) is 0.929. The first-order valence-corrected chi connectivity index (χ1v) is 14.2. The Labute approximate surface area is 219 Å². The van der Waals surface area contributed by atoms with E-state index in [-0.39, 0.29) is 18.2 Å². The van der Waals surface area contributed by atoms with Crippen LogP contribution < -0.4 is 5.73 Å². The molecular weight excluding hydrogens is 456 g/mol. The molecule has 4 fully saturated rings. The Morgan fingerprint density at radius 1 is 0.722 bits per heavy atom. The van der Waals surface area contributed by atoms with Crippen molar-refractivity contribution in [3.63, 3.8) is 0 Å². The normalized spacial score (nSPS) is 31.7. The maximum absolute atomic E-state index is 12.4. The lowest BCUT2D eigenvalue weighted by molar-refractivity contribution is -0.00350. The zero-order valence-corrected chi connectivity index (χ0v) is 24.1. The summed E-state index contributed by atoms with van der Waals surface area (Å²) in [6, 6.07) is 2.29. The molecule has 8 heteroatoms. The number of fused-ring (bicyclic) bond motifs is 4. The highest BCUT2D eigenvalue weighted by molar-refractivity contribution is 5.70. The maximum Gasteiger partial charge on any atom is 0.410 e. The van der Waals surface area contributed by atoms with Crippen LogP contribution in [0.3, 0.4) is 0 Å². The van der Waals surface area contributed by atoms with Crippen molar-refractivity contribution in [3.8, 4) is 0 Å². The van der Waals surface area contributed by atoms with Crippen molar-refractivity contribution in [2.75, 3.05) is 13.1 Å². The van der Waals surface area contributed by atoms with Gasteiger partial charge in [0.25, 0.3) is 0 Å². The molecule has 4 heterocycles. The van der Waals surface area contributed by atoms with Gasteiger partial charge in [-0.1, -0.05) is 13.8 Å². The zero-order valence-electron chi connectivity index (χ0n) is 24.1. The minimum absolute atomic E-state index is 0.108. The van der Waals surface area contributed by atoms with Crippen LogP contribution in [0.25, 0.3) is 0 Å². The molecule has 4 bridgehead atoms. The minimum atomic E-state index is -0.407.